The molecule has 0 aromatic heterocycles. The van der Waals surface area contributed by atoms with E-state index in [0.29, 0.717) is 5.69 Å². The number of hydrogen-bond acceptors (Lipinski definition) is 3. The smallest absolute Gasteiger partial charge is 0.313 e. The average Bonchev–Trinajstić information content (AvgIpc) is 2.55. The van der Waals surface area contributed by atoms with Gasteiger partial charge in [-0.05, 0) is 36.4 Å². The van der Waals surface area contributed by atoms with Crippen LogP contribution in [-0.4, -0.2) is 24.2 Å². The second kappa shape index (κ2) is 8.05. The van der Waals surface area contributed by atoms with E-state index in [1.165, 1.54) is 0 Å². The highest BCUT2D eigenvalue weighted by molar-refractivity contribution is 6.39. The number of carbonyl (C=O) groups excluding carboxylic acids is 2. The molecule has 2 rings (SSSR count). The van der Waals surface area contributed by atoms with Crippen LogP contribution in [0.4, 0.5) is 17.1 Å². The van der Waals surface area contributed by atoms with E-state index in [2.05, 4.69) is 16.0 Å². The number of benzene rings is 2. The molecule has 22 heavy (non-hydrogen) atoms. The van der Waals surface area contributed by atoms with E-state index >= 15 is 0 Å². The van der Waals surface area contributed by atoms with Crippen molar-refractivity contribution >= 4 is 40.5 Å². The van der Waals surface area contributed by atoms with Gasteiger partial charge in [0.1, 0.15) is 0 Å². The van der Waals surface area contributed by atoms with Gasteiger partial charge in [-0.15, -0.1) is 11.6 Å². The van der Waals surface area contributed by atoms with Gasteiger partial charge in [0.15, 0.2) is 0 Å². The molecule has 0 fully saturated rings. The Hall–Kier alpha value is -2.53. The van der Waals surface area contributed by atoms with Gasteiger partial charge in [-0.1, -0.05) is 18.2 Å². The summed E-state index contributed by atoms with van der Waals surface area (Å²) in [7, 11) is 0. The van der Waals surface area contributed by atoms with Crippen molar-refractivity contribution in [1.29, 1.82) is 0 Å². The number of amides is 2. The minimum absolute atomic E-state index is 0.258. The number of carbonyl (C=O) groups is 2. The predicted octanol–water partition coefficient (Wildman–Crippen LogP) is 2.72. The number of halogens is 1. The molecule has 0 bridgehead atoms. The standard InChI is InChI=1S/C16H16ClN3O2/c17-10-11-18-15(21)16(22)20-14-8-6-13(7-9-14)19-12-4-2-1-3-5-12/h1-9,19H,10-11H2,(H,18,21)(H,20,22). The molecule has 0 atom stereocenters. The van der Waals surface area contributed by atoms with Crippen molar-refractivity contribution < 1.29 is 9.59 Å². The molecule has 3 N–H and O–H groups in total. The molecule has 0 aliphatic heterocycles. The van der Waals surface area contributed by atoms with Crippen LogP contribution in [0.2, 0.25) is 0 Å². The van der Waals surface area contributed by atoms with Crippen LogP contribution < -0.4 is 16.0 Å². The zero-order chi connectivity index (χ0) is 15.8. The fourth-order valence-corrected chi connectivity index (χ4v) is 1.85. The van der Waals surface area contributed by atoms with Crippen molar-refractivity contribution in [2.75, 3.05) is 23.1 Å². The lowest BCUT2D eigenvalue weighted by atomic mass is 10.2. The number of rotatable bonds is 5. The molecule has 2 aromatic rings. The maximum atomic E-state index is 11.6. The van der Waals surface area contributed by atoms with Gasteiger partial charge in [-0.25, -0.2) is 0 Å². The summed E-state index contributed by atoms with van der Waals surface area (Å²) in [5, 5.41) is 8.15. The van der Waals surface area contributed by atoms with Crippen LogP contribution in [-0.2, 0) is 9.59 Å². The topological polar surface area (TPSA) is 70.2 Å². The summed E-state index contributed by atoms with van der Waals surface area (Å²) in [6, 6.07) is 16.8. The molecule has 2 amide bonds. The maximum absolute atomic E-state index is 11.6. The third kappa shape index (κ3) is 4.79. The maximum Gasteiger partial charge on any atom is 0.313 e. The van der Waals surface area contributed by atoms with Gasteiger partial charge in [0.25, 0.3) is 0 Å². The summed E-state index contributed by atoms with van der Waals surface area (Å²) < 4.78 is 0. The first-order valence-corrected chi connectivity index (χ1v) is 7.30. The van der Waals surface area contributed by atoms with Crippen molar-refractivity contribution in [3.8, 4) is 0 Å². The fraction of sp³-hybridized carbons (Fsp3) is 0.125. The van der Waals surface area contributed by atoms with E-state index in [0.717, 1.165) is 11.4 Å². The summed E-state index contributed by atoms with van der Waals surface area (Å²) in [5.41, 5.74) is 2.40. The number of nitrogens with one attached hydrogen (secondary N) is 3. The van der Waals surface area contributed by atoms with Crippen molar-refractivity contribution in [2.45, 2.75) is 0 Å². The van der Waals surface area contributed by atoms with Crippen LogP contribution in [0.3, 0.4) is 0 Å². The average molecular weight is 318 g/mol. The third-order valence-electron chi connectivity index (χ3n) is 2.79. The van der Waals surface area contributed by atoms with Gasteiger partial charge in [0.2, 0.25) is 0 Å². The Kier molecular flexibility index (Phi) is 5.80. The molecule has 6 heteroatoms. The van der Waals surface area contributed by atoms with Gasteiger partial charge in [0, 0.05) is 29.5 Å². The Morgan fingerprint density at radius 2 is 1.41 bits per heavy atom. The van der Waals surface area contributed by atoms with Crippen LogP contribution >= 0.6 is 11.6 Å². The second-order valence-corrected chi connectivity index (χ2v) is 4.85. The van der Waals surface area contributed by atoms with Crippen LogP contribution in [0.5, 0.6) is 0 Å². The molecular formula is C16H16ClN3O2. The van der Waals surface area contributed by atoms with Gasteiger partial charge in [-0.2, -0.15) is 0 Å². The Morgan fingerprint density at radius 3 is 2.05 bits per heavy atom. The van der Waals surface area contributed by atoms with E-state index in [1.807, 2.05) is 42.5 Å². The van der Waals surface area contributed by atoms with E-state index in [1.54, 1.807) is 12.1 Å². The molecule has 0 aliphatic carbocycles. The quantitative estimate of drug-likeness (QED) is 0.586. The lowest BCUT2D eigenvalue weighted by molar-refractivity contribution is -0.136. The summed E-state index contributed by atoms with van der Waals surface area (Å²) in [5.74, 6) is -1.15. The molecule has 0 unspecified atom stereocenters. The minimum atomic E-state index is -0.714. The van der Waals surface area contributed by atoms with Crippen molar-refractivity contribution in [3.63, 3.8) is 0 Å². The predicted molar refractivity (Wildman–Crippen MR) is 88.5 cm³/mol. The monoisotopic (exact) mass is 317 g/mol. The van der Waals surface area contributed by atoms with Crippen molar-refractivity contribution in [2.24, 2.45) is 0 Å². The Bertz CT molecular complexity index is 630. The van der Waals surface area contributed by atoms with E-state index in [-0.39, 0.29) is 12.4 Å². The molecule has 0 heterocycles. The van der Waals surface area contributed by atoms with Gasteiger partial charge >= 0.3 is 11.8 Å². The summed E-state index contributed by atoms with van der Waals surface area (Å²) in [6.45, 7) is 0.258. The number of hydrogen-bond donors (Lipinski definition) is 3. The summed E-state index contributed by atoms with van der Waals surface area (Å²) in [6.07, 6.45) is 0. The first-order chi connectivity index (χ1) is 10.7. The molecule has 0 aliphatic rings. The molecule has 0 radical (unpaired) electrons. The highest BCUT2D eigenvalue weighted by Crippen LogP contribution is 2.18. The third-order valence-corrected chi connectivity index (χ3v) is 2.98. The van der Waals surface area contributed by atoms with Crippen LogP contribution in [0.25, 0.3) is 0 Å². The normalized spacial score (nSPS) is 9.86. The minimum Gasteiger partial charge on any atom is -0.356 e. The zero-order valence-electron chi connectivity index (χ0n) is 11.8. The Labute approximate surface area is 133 Å². The van der Waals surface area contributed by atoms with Crippen molar-refractivity contribution in [1.82, 2.24) is 5.32 Å². The van der Waals surface area contributed by atoms with Crippen LogP contribution in [0.15, 0.2) is 54.6 Å². The molecule has 0 saturated heterocycles. The summed E-state index contributed by atoms with van der Waals surface area (Å²) >= 11 is 5.44. The largest absolute Gasteiger partial charge is 0.356 e. The molecule has 5 nitrogen and oxygen atoms in total. The van der Waals surface area contributed by atoms with Crippen LogP contribution in [0, 0.1) is 0 Å². The second-order valence-electron chi connectivity index (χ2n) is 4.47. The van der Waals surface area contributed by atoms with E-state index < -0.39 is 11.8 Å². The first-order valence-electron chi connectivity index (χ1n) is 6.76. The van der Waals surface area contributed by atoms with Gasteiger partial charge in [0.05, 0.1) is 0 Å². The lowest BCUT2D eigenvalue weighted by Gasteiger charge is -2.08. The lowest BCUT2D eigenvalue weighted by Crippen LogP contribution is -2.36. The van der Waals surface area contributed by atoms with E-state index in [9.17, 15) is 9.59 Å². The fourth-order valence-electron chi connectivity index (χ4n) is 1.75. The highest BCUT2D eigenvalue weighted by atomic mass is 35.5. The first kappa shape index (κ1) is 15.9. The number of para-hydroxylation sites is 1. The molecule has 0 saturated carbocycles. The number of alkyl halides is 1. The zero-order valence-corrected chi connectivity index (χ0v) is 12.6. The molecule has 2 aromatic carbocycles. The molecular weight excluding hydrogens is 302 g/mol. The Balaban J connectivity index is 1.91. The van der Waals surface area contributed by atoms with E-state index in [4.69, 9.17) is 11.6 Å². The van der Waals surface area contributed by atoms with Gasteiger partial charge in [-0.3, -0.25) is 9.59 Å². The summed E-state index contributed by atoms with van der Waals surface area (Å²) in [4.78, 5) is 23.0. The van der Waals surface area contributed by atoms with Crippen molar-refractivity contribution in [3.05, 3.63) is 54.6 Å². The number of anilines is 3. The molecule has 114 valence electrons. The van der Waals surface area contributed by atoms with Crippen LogP contribution in [0.1, 0.15) is 0 Å². The molecule has 0 spiro atoms. The van der Waals surface area contributed by atoms with Gasteiger partial charge < -0.3 is 16.0 Å². The Morgan fingerprint density at radius 1 is 0.818 bits per heavy atom. The highest BCUT2D eigenvalue weighted by Gasteiger charge is 2.12. The SMILES string of the molecule is O=C(NCCCl)C(=O)Nc1ccc(Nc2ccccc2)cc1.